The summed E-state index contributed by atoms with van der Waals surface area (Å²) in [5.41, 5.74) is 6.69. The van der Waals surface area contributed by atoms with Crippen LogP contribution in [0.1, 0.15) is 18.4 Å². The molecule has 0 saturated carbocycles. The highest BCUT2D eigenvalue weighted by atomic mass is 16.5. The Balaban J connectivity index is 1.63. The van der Waals surface area contributed by atoms with Crippen LogP contribution in [0.4, 0.5) is 0 Å². The van der Waals surface area contributed by atoms with Crippen molar-refractivity contribution < 1.29 is 9.47 Å². The summed E-state index contributed by atoms with van der Waals surface area (Å²) in [6, 6.07) is 7.90. The molecule has 1 aliphatic rings. The van der Waals surface area contributed by atoms with Crippen molar-refractivity contribution in [3.8, 4) is 5.75 Å². The molecule has 0 atom stereocenters. The predicted octanol–water partition coefficient (Wildman–Crippen LogP) is 1.63. The third kappa shape index (κ3) is 4.82. The Morgan fingerprint density at radius 2 is 2.05 bits per heavy atom. The zero-order chi connectivity index (χ0) is 13.5. The fourth-order valence-corrected chi connectivity index (χ4v) is 2.29. The monoisotopic (exact) mass is 264 g/mol. The first-order valence-corrected chi connectivity index (χ1v) is 7.00. The topological polar surface area (TPSA) is 47.7 Å². The lowest BCUT2D eigenvalue weighted by Gasteiger charge is -2.28. The fourth-order valence-electron chi connectivity index (χ4n) is 2.29. The van der Waals surface area contributed by atoms with Crippen LogP contribution in [-0.2, 0) is 11.3 Å². The number of ether oxygens (including phenoxy) is 2. The predicted molar refractivity (Wildman–Crippen MR) is 76.3 cm³/mol. The first-order valence-electron chi connectivity index (χ1n) is 7.00. The second-order valence-electron chi connectivity index (χ2n) is 5.07. The largest absolute Gasteiger partial charge is 0.491 e. The molecule has 0 aromatic heterocycles. The minimum absolute atomic E-state index is 0.398. The summed E-state index contributed by atoms with van der Waals surface area (Å²) in [7, 11) is 2.16. The summed E-state index contributed by atoms with van der Waals surface area (Å²) in [5.74, 6) is 0.870. The van der Waals surface area contributed by atoms with Crippen molar-refractivity contribution in [2.75, 3.05) is 33.4 Å². The van der Waals surface area contributed by atoms with Gasteiger partial charge in [-0.1, -0.05) is 12.1 Å². The van der Waals surface area contributed by atoms with Gasteiger partial charge in [0.1, 0.15) is 12.4 Å². The summed E-state index contributed by atoms with van der Waals surface area (Å²) in [5, 5.41) is 0. The Morgan fingerprint density at radius 1 is 1.26 bits per heavy atom. The number of hydrogen-bond donors (Lipinski definition) is 1. The van der Waals surface area contributed by atoms with E-state index in [1.807, 2.05) is 24.3 Å². The van der Waals surface area contributed by atoms with Gasteiger partial charge in [0, 0.05) is 19.6 Å². The van der Waals surface area contributed by atoms with Gasteiger partial charge in [0.15, 0.2) is 0 Å². The molecule has 0 amide bonds. The first-order chi connectivity index (χ1) is 9.28. The SMILES string of the molecule is CN1CCC(OCCOc2cccc(CN)c2)CC1. The second-order valence-corrected chi connectivity index (χ2v) is 5.07. The van der Waals surface area contributed by atoms with E-state index in [0.717, 1.165) is 37.2 Å². The third-order valence-corrected chi connectivity index (χ3v) is 3.51. The molecule has 1 saturated heterocycles. The molecule has 4 heteroatoms. The number of benzene rings is 1. The Hall–Kier alpha value is -1.10. The van der Waals surface area contributed by atoms with Crippen LogP contribution in [0.3, 0.4) is 0 Å². The van der Waals surface area contributed by atoms with Crippen molar-refractivity contribution in [1.82, 2.24) is 4.90 Å². The van der Waals surface area contributed by atoms with Gasteiger partial charge >= 0.3 is 0 Å². The summed E-state index contributed by atoms with van der Waals surface area (Å²) < 4.78 is 11.5. The number of nitrogens with two attached hydrogens (primary N) is 1. The standard InChI is InChI=1S/C15H24N2O2/c1-17-7-5-14(6-8-17)18-9-10-19-15-4-2-3-13(11-15)12-16/h2-4,11,14H,5-10,12,16H2,1H3. The maximum absolute atomic E-state index is 5.83. The Labute approximate surface area is 115 Å². The van der Waals surface area contributed by atoms with Gasteiger partial charge in [-0.25, -0.2) is 0 Å². The lowest BCUT2D eigenvalue weighted by Crippen LogP contribution is -2.34. The van der Waals surface area contributed by atoms with Crippen LogP contribution in [-0.4, -0.2) is 44.4 Å². The van der Waals surface area contributed by atoms with Crippen LogP contribution in [0.25, 0.3) is 0 Å². The summed E-state index contributed by atoms with van der Waals surface area (Å²) in [6.45, 7) is 4.05. The van der Waals surface area contributed by atoms with Crippen molar-refractivity contribution in [3.05, 3.63) is 29.8 Å². The molecule has 0 spiro atoms. The number of rotatable bonds is 6. The number of piperidine rings is 1. The van der Waals surface area contributed by atoms with Crippen LogP contribution < -0.4 is 10.5 Å². The third-order valence-electron chi connectivity index (χ3n) is 3.51. The van der Waals surface area contributed by atoms with Crippen molar-refractivity contribution in [1.29, 1.82) is 0 Å². The van der Waals surface area contributed by atoms with E-state index in [0.29, 0.717) is 25.9 Å². The van der Waals surface area contributed by atoms with E-state index in [4.69, 9.17) is 15.2 Å². The molecule has 2 rings (SSSR count). The van der Waals surface area contributed by atoms with Crippen molar-refractivity contribution in [2.45, 2.75) is 25.5 Å². The van der Waals surface area contributed by atoms with Crippen LogP contribution in [0, 0.1) is 0 Å². The highest BCUT2D eigenvalue weighted by molar-refractivity contribution is 5.28. The maximum Gasteiger partial charge on any atom is 0.119 e. The molecule has 2 N–H and O–H groups in total. The van der Waals surface area contributed by atoms with Gasteiger partial charge in [-0.05, 0) is 37.6 Å². The minimum atomic E-state index is 0.398. The number of nitrogens with zero attached hydrogens (tertiary/aromatic N) is 1. The first kappa shape index (κ1) is 14.3. The van der Waals surface area contributed by atoms with Crippen molar-refractivity contribution >= 4 is 0 Å². The molecule has 1 aromatic carbocycles. The minimum Gasteiger partial charge on any atom is -0.491 e. The summed E-state index contributed by atoms with van der Waals surface area (Å²) in [6.07, 6.45) is 2.65. The zero-order valence-corrected chi connectivity index (χ0v) is 11.7. The molecular weight excluding hydrogens is 240 g/mol. The highest BCUT2D eigenvalue weighted by Gasteiger charge is 2.16. The van der Waals surface area contributed by atoms with Gasteiger partial charge in [-0.3, -0.25) is 0 Å². The van der Waals surface area contributed by atoms with Crippen LogP contribution in [0.5, 0.6) is 5.75 Å². The van der Waals surface area contributed by atoms with Crippen LogP contribution in [0.15, 0.2) is 24.3 Å². The summed E-state index contributed by atoms with van der Waals surface area (Å²) in [4.78, 5) is 2.34. The molecule has 1 aromatic rings. The van der Waals surface area contributed by atoms with E-state index >= 15 is 0 Å². The van der Waals surface area contributed by atoms with Gasteiger partial charge in [-0.2, -0.15) is 0 Å². The Kier molecular flexibility index (Phi) is 5.63. The molecular formula is C15H24N2O2. The van der Waals surface area contributed by atoms with Gasteiger partial charge < -0.3 is 20.1 Å². The number of hydrogen-bond acceptors (Lipinski definition) is 4. The smallest absolute Gasteiger partial charge is 0.119 e. The highest BCUT2D eigenvalue weighted by Crippen LogP contribution is 2.14. The molecule has 19 heavy (non-hydrogen) atoms. The molecule has 0 bridgehead atoms. The van der Waals surface area contributed by atoms with E-state index in [-0.39, 0.29) is 0 Å². The van der Waals surface area contributed by atoms with Crippen molar-refractivity contribution in [2.24, 2.45) is 5.73 Å². The van der Waals surface area contributed by atoms with E-state index < -0.39 is 0 Å². The number of likely N-dealkylation sites (tertiary alicyclic amines) is 1. The Bertz CT molecular complexity index is 376. The van der Waals surface area contributed by atoms with E-state index in [1.54, 1.807) is 0 Å². The summed E-state index contributed by atoms with van der Waals surface area (Å²) >= 11 is 0. The molecule has 0 aliphatic carbocycles. The van der Waals surface area contributed by atoms with Crippen LogP contribution in [0.2, 0.25) is 0 Å². The van der Waals surface area contributed by atoms with Gasteiger partial charge in [-0.15, -0.1) is 0 Å². The quantitative estimate of drug-likeness (QED) is 0.793. The molecule has 0 radical (unpaired) electrons. The molecule has 1 heterocycles. The van der Waals surface area contributed by atoms with Gasteiger partial charge in [0.2, 0.25) is 0 Å². The van der Waals surface area contributed by atoms with Gasteiger partial charge in [0.25, 0.3) is 0 Å². The normalized spacial score (nSPS) is 17.6. The van der Waals surface area contributed by atoms with Gasteiger partial charge in [0.05, 0.1) is 12.7 Å². The zero-order valence-electron chi connectivity index (χ0n) is 11.7. The van der Waals surface area contributed by atoms with E-state index in [2.05, 4.69) is 11.9 Å². The fraction of sp³-hybridized carbons (Fsp3) is 0.600. The lowest BCUT2D eigenvalue weighted by molar-refractivity contribution is -0.000260. The molecule has 1 aliphatic heterocycles. The van der Waals surface area contributed by atoms with E-state index in [1.165, 1.54) is 0 Å². The second kappa shape index (κ2) is 7.48. The average molecular weight is 264 g/mol. The maximum atomic E-state index is 5.83. The molecule has 4 nitrogen and oxygen atoms in total. The van der Waals surface area contributed by atoms with Crippen molar-refractivity contribution in [3.63, 3.8) is 0 Å². The molecule has 106 valence electrons. The van der Waals surface area contributed by atoms with E-state index in [9.17, 15) is 0 Å². The average Bonchev–Trinajstić information content (AvgIpc) is 2.46. The lowest BCUT2D eigenvalue weighted by atomic mass is 10.1. The molecule has 1 fully saturated rings. The molecule has 0 unspecified atom stereocenters. The Morgan fingerprint density at radius 3 is 2.79 bits per heavy atom. The van der Waals surface area contributed by atoms with Crippen LogP contribution >= 0.6 is 0 Å².